The number of nitrogens with one attached hydrogen (secondary N) is 1. The molecule has 4 nitrogen and oxygen atoms in total. The molecule has 0 bridgehead atoms. The predicted molar refractivity (Wildman–Crippen MR) is 64.3 cm³/mol. The Labute approximate surface area is 99.7 Å². The first-order chi connectivity index (χ1) is 7.70. The van der Waals surface area contributed by atoms with Gasteiger partial charge in [0.15, 0.2) is 0 Å². The van der Waals surface area contributed by atoms with Gasteiger partial charge in [-0.15, -0.1) is 11.3 Å². The molecule has 1 aromatic heterocycles. The van der Waals surface area contributed by atoms with Gasteiger partial charge in [0.1, 0.15) is 0 Å². The number of rotatable bonds is 4. The molecule has 1 aliphatic rings. The lowest BCUT2D eigenvalue weighted by atomic mass is 10.2. The summed E-state index contributed by atoms with van der Waals surface area (Å²) in [5.74, 6) is 0.230. The van der Waals surface area contributed by atoms with Gasteiger partial charge in [0.25, 0.3) is 0 Å². The second-order valence-electron chi connectivity index (χ2n) is 4.00. The van der Waals surface area contributed by atoms with Gasteiger partial charge in [-0.25, -0.2) is 4.98 Å². The maximum absolute atomic E-state index is 12.0. The van der Waals surface area contributed by atoms with Gasteiger partial charge in [0.2, 0.25) is 5.91 Å². The molecule has 1 aromatic rings. The molecule has 16 heavy (non-hydrogen) atoms. The summed E-state index contributed by atoms with van der Waals surface area (Å²) in [6, 6.07) is 0.0269. The van der Waals surface area contributed by atoms with Crippen LogP contribution < -0.4 is 5.32 Å². The number of aryl methyl sites for hydroxylation is 1. The molecule has 1 atom stereocenters. The van der Waals surface area contributed by atoms with Crippen molar-refractivity contribution in [1.29, 1.82) is 0 Å². The third-order valence-corrected chi connectivity index (χ3v) is 3.66. The van der Waals surface area contributed by atoms with Gasteiger partial charge in [-0.2, -0.15) is 0 Å². The topological polar surface area (TPSA) is 45.2 Å². The zero-order valence-electron chi connectivity index (χ0n) is 9.69. The Bertz CT molecular complexity index is 377. The molecule has 0 radical (unpaired) electrons. The van der Waals surface area contributed by atoms with Crippen LogP contribution in [0.25, 0.3) is 0 Å². The maximum Gasteiger partial charge on any atom is 0.240 e. The van der Waals surface area contributed by atoms with E-state index in [1.54, 1.807) is 11.3 Å². The first-order valence-electron chi connectivity index (χ1n) is 5.64. The summed E-state index contributed by atoms with van der Waals surface area (Å²) >= 11 is 1.67. The van der Waals surface area contributed by atoms with Gasteiger partial charge in [-0.1, -0.05) is 6.92 Å². The van der Waals surface area contributed by atoms with E-state index in [-0.39, 0.29) is 11.9 Å². The van der Waals surface area contributed by atoms with E-state index in [1.165, 1.54) is 4.88 Å². The number of aromatic nitrogens is 1. The molecule has 0 spiro atoms. The van der Waals surface area contributed by atoms with Crippen molar-refractivity contribution in [1.82, 2.24) is 15.2 Å². The van der Waals surface area contributed by atoms with Crippen LogP contribution in [-0.2, 0) is 11.3 Å². The molecular formula is C11H17N3OS. The van der Waals surface area contributed by atoms with Gasteiger partial charge in [-0.05, 0) is 19.9 Å². The Kier molecular flexibility index (Phi) is 3.56. The lowest BCUT2D eigenvalue weighted by Gasteiger charge is -2.15. The van der Waals surface area contributed by atoms with E-state index in [0.717, 1.165) is 24.5 Å². The quantitative estimate of drug-likeness (QED) is 0.857. The monoisotopic (exact) mass is 239 g/mol. The smallest absolute Gasteiger partial charge is 0.240 e. The highest BCUT2D eigenvalue weighted by Gasteiger charge is 2.30. The average Bonchev–Trinajstić information content (AvgIpc) is 2.80. The Morgan fingerprint density at radius 2 is 2.50 bits per heavy atom. The normalized spacial score (nSPS) is 20.8. The SMILES string of the molecule is CCNC1CCN(Cc2cnc(C)s2)C1=O. The van der Waals surface area contributed by atoms with Gasteiger partial charge >= 0.3 is 0 Å². The highest BCUT2D eigenvalue weighted by molar-refractivity contribution is 7.11. The molecule has 1 amide bonds. The summed E-state index contributed by atoms with van der Waals surface area (Å²) in [4.78, 5) is 19.2. The molecule has 1 saturated heterocycles. The second-order valence-corrected chi connectivity index (χ2v) is 5.32. The predicted octanol–water partition coefficient (Wildman–Crippen LogP) is 1.16. The van der Waals surface area contributed by atoms with E-state index < -0.39 is 0 Å². The van der Waals surface area contributed by atoms with Crippen molar-refractivity contribution in [3.8, 4) is 0 Å². The molecule has 1 aliphatic heterocycles. The Morgan fingerprint density at radius 1 is 1.69 bits per heavy atom. The van der Waals surface area contributed by atoms with Gasteiger partial charge < -0.3 is 10.2 Å². The molecule has 0 aromatic carbocycles. The molecular weight excluding hydrogens is 222 g/mol. The minimum absolute atomic E-state index is 0.0269. The van der Waals surface area contributed by atoms with Gasteiger partial charge in [0, 0.05) is 17.6 Å². The third-order valence-electron chi connectivity index (χ3n) is 2.76. The molecule has 1 fully saturated rings. The molecule has 2 heterocycles. The summed E-state index contributed by atoms with van der Waals surface area (Å²) in [7, 11) is 0. The largest absolute Gasteiger partial charge is 0.336 e. The zero-order valence-corrected chi connectivity index (χ0v) is 10.5. The fraction of sp³-hybridized carbons (Fsp3) is 0.636. The summed E-state index contributed by atoms with van der Waals surface area (Å²) in [5, 5.41) is 4.27. The number of carbonyl (C=O) groups excluding carboxylic acids is 1. The minimum atomic E-state index is 0.0269. The van der Waals surface area contributed by atoms with Crippen LogP contribution in [0.3, 0.4) is 0 Å². The maximum atomic E-state index is 12.0. The molecule has 88 valence electrons. The van der Waals surface area contributed by atoms with Crippen molar-refractivity contribution in [2.24, 2.45) is 0 Å². The Morgan fingerprint density at radius 3 is 3.12 bits per heavy atom. The van der Waals surface area contributed by atoms with E-state index in [2.05, 4.69) is 10.3 Å². The lowest BCUT2D eigenvalue weighted by Crippen LogP contribution is -2.37. The van der Waals surface area contributed by atoms with E-state index >= 15 is 0 Å². The van der Waals surface area contributed by atoms with Crippen molar-refractivity contribution in [3.63, 3.8) is 0 Å². The Hall–Kier alpha value is -0.940. The van der Waals surface area contributed by atoms with Crippen LogP contribution in [0.1, 0.15) is 23.2 Å². The Balaban J connectivity index is 1.94. The number of amides is 1. The fourth-order valence-electron chi connectivity index (χ4n) is 2.00. The minimum Gasteiger partial charge on any atom is -0.336 e. The van der Waals surface area contributed by atoms with Crippen LogP contribution >= 0.6 is 11.3 Å². The number of nitrogens with zero attached hydrogens (tertiary/aromatic N) is 2. The number of hydrogen-bond acceptors (Lipinski definition) is 4. The molecule has 2 rings (SSSR count). The van der Waals surface area contributed by atoms with Crippen LogP contribution in [0.2, 0.25) is 0 Å². The van der Waals surface area contributed by atoms with Gasteiger partial charge in [0.05, 0.1) is 17.6 Å². The standard InChI is InChI=1S/C11H17N3OS/c1-3-12-10-4-5-14(11(10)15)7-9-6-13-8(2)16-9/h6,10,12H,3-5,7H2,1-2H3. The summed E-state index contributed by atoms with van der Waals surface area (Å²) in [6.07, 6.45) is 2.79. The van der Waals surface area contributed by atoms with E-state index in [9.17, 15) is 4.79 Å². The number of carbonyl (C=O) groups is 1. The number of likely N-dealkylation sites (tertiary alicyclic amines) is 1. The van der Waals surface area contributed by atoms with E-state index in [1.807, 2.05) is 24.9 Å². The highest BCUT2D eigenvalue weighted by atomic mass is 32.1. The molecule has 5 heteroatoms. The number of thiazole rings is 1. The lowest BCUT2D eigenvalue weighted by molar-refractivity contribution is -0.129. The van der Waals surface area contributed by atoms with E-state index in [0.29, 0.717) is 6.54 Å². The summed E-state index contributed by atoms with van der Waals surface area (Å²) in [5.41, 5.74) is 0. The zero-order chi connectivity index (χ0) is 11.5. The summed E-state index contributed by atoms with van der Waals surface area (Å²) in [6.45, 7) is 6.44. The van der Waals surface area contributed by atoms with Crippen molar-refractivity contribution >= 4 is 17.2 Å². The van der Waals surface area contributed by atoms with Crippen LogP contribution in [0.15, 0.2) is 6.20 Å². The van der Waals surface area contributed by atoms with Crippen molar-refractivity contribution in [2.45, 2.75) is 32.9 Å². The third kappa shape index (κ3) is 2.41. The van der Waals surface area contributed by atoms with Crippen LogP contribution in [0.4, 0.5) is 0 Å². The highest BCUT2D eigenvalue weighted by Crippen LogP contribution is 2.18. The van der Waals surface area contributed by atoms with Crippen molar-refractivity contribution < 1.29 is 4.79 Å². The fourth-order valence-corrected chi connectivity index (χ4v) is 2.81. The molecule has 0 aliphatic carbocycles. The number of hydrogen-bond donors (Lipinski definition) is 1. The average molecular weight is 239 g/mol. The van der Waals surface area contributed by atoms with Crippen LogP contribution in [0, 0.1) is 6.92 Å². The second kappa shape index (κ2) is 4.93. The van der Waals surface area contributed by atoms with Gasteiger partial charge in [-0.3, -0.25) is 4.79 Å². The molecule has 1 N–H and O–H groups in total. The summed E-state index contributed by atoms with van der Waals surface area (Å²) < 4.78 is 0. The van der Waals surface area contributed by atoms with E-state index in [4.69, 9.17) is 0 Å². The number of likely N-dealkylation sites (N-methyl/N-ethyl adjacent to an activating group) is 1. The molecule has 1 unspecified atom stereocenters. The first-order valence-corrected chi connectivity index (χ1v) is 6.46. The van der Waals surface area contributed by atoms with Crippen LogP contribution in [-0.4, -0.2) is 34.9 Å². The first kappa shape index (κ1) is 11.5. The molecule has 0 saturated carbocycles. The van der Waals surface area contributed by atoms with Crippen molar-refractivity contribution in [2.75, 3.05) is 13.1 Å². The van der Waals surface area contributed by atoms with Crippen LogP contribution in [0.5, 0.6) is 0 Å². The van der Waals surface area contributed by atoms with Crippen molar-refractivity contribution in [3.05, 3.63) is 16.1 Å².